The highest BCUT2D eigenvalue weighted by Crippen LogP contribution is 2.37. The maximum Gasteiger partial charge on any atom is 0.150 e. The molecule has 0 radical (unpaired) electrons. The summed E-state index contributed by atoms with van der Waals surface area (Å²) < 4.78 is 0. The number of carbonyl (C=O) groups is 1. The van der Waals surface area contributed by atoms with Crippen LogP contribution in [-0.4, -0.2) is 47.4 Å². The molecule has 1 N–H and O–H groups in total. The molecule has 0 spiro atoms. The minimum absolute atomic E-state index is 0.0962. The number of carbonyl (C=O) groups excluding carboxylic acids is 1. The summed E-state index contributed by atoms with van der Waals surface area (Å²) >= 11 is 0. The van der Waals surface area contributed by atoms with Crippen LogP contribution in [0.4, 0.5) is 0 Å². The van der Waals surface area contributed by atoms with E-state index < -0.39 is 12.1 Å². The first-order chi connectivity index (χ1) is 9.07. The molecular weight excluding hydrogens is 240 g/mol. The van der Waals surface area contributed by atoms with Gasteiger partial charge in [0, 0.05) is 24.2 Å². The predicted octanol–water partition coefficient (Wildman–Crippen LogP) is 1.87. The molecule has 0 amide bonds. The van der Waals surface area contributed by atoms with E-state index in [2.05, 4.69) is 11.9 Å². The van der Waals surface area contributed by atoms with Gasteiger partial charge in [-0.25, -0.2) is 0 Å². The minimum Gasteiger partial charge on any atom is -0.377 e. The van der Waals surface area contributed by atoms with E-state index in [1.54, 1.807) is 0 Å². The predicted molar refractivity (Wildman–Crippen MR) is 76.3 cm³/mol. The van der Waals surface area contributed by atoms with Gasteiger partial charge in [0.2, 0.25) is 0 Å². The fourth-order valence-electron chi connectivity index (χ4n) is 3.55. The zero-order valence-corrected chi connectivity index (χ0v) is 12.3. The SMILES string of the molecule is CCCN=C(C)C1C(=O)C2CCCCC2N(C)C1O. The average molecular weight is 266 g/mol. The van der Waals surface area contributed by atoms with Gasteiger partial charge in [0.05, 0.1) is 5.92 Å². The molecule has 1 aliphatic heterocycles. The molecule has 4 atom stereocenters. The second kappa shape index (κ2) is 6.14. The number of piperidine rings is 1. The largest absolute Gasteiger partial charge is 0.377 e. The fourth-order valence-corrected chi connectivity index (χ4v) is 3.55. The number of nitrogens with zero attached hydrogens (tertiary/aromatic N) is 2. The van der Waals surface area contributed by atoms with E-state index in [0.717, 1.165) is 37.9 Å². The number of likely N-dealkylation sites (tertiary alicyclic amines) is 1. The third-order valence-electron chi connectivity index (χ3n) is 4.67. The highest BCUT2D eigenvalue weighted by molar-refractivity contribution is 6.06. The van der Waals surface area contributed by atoms with E-state index in [9.17, 15) is 9.90 Å². The Morgan fingerprint density at radius 3 is 2.79 bits per heavy atom. The summed E-state index contributed by atoms with van der Waals surface area (Å²) in [6.07, 6.45) is 4.57. The van der Waals surface area contributed by atoms with E-state index in [-0.39, 0.29) is 17.7 Å². The Labute approximate surface area is 115 Å². The quantitative estimate of drug-likeness (QED) is 0.793. The monoisotopic (exact) mass is 266 g/mol. The van der Waals surface area contributed by atoms with Crippen molar-refractivity contribution in [1.29, 1.82) is 0 Å². The van der Waals surface area contributed by atoms with Crippen LogP contribution >= 0.6 is 0 Å². The van der Waals surface area contributed by atoms with Crippen molar-refractivity contribution in [3.05, 3.63) is 0 Å². The smallest absolute Gasteiger partial charge is 0.150 e. The second-order valence-electron chi connectivity index (χ2n) is 5.94. The topological polar surface area (TPSA) is 52.9 Å². The normalized spacial score (nSPS) is 37.3. The van der Waals surface area contributed by atoms with Crippen molar-refractivity contribution in [2.75, 3.05) is 13.6 Å². The zero-order valence-electron chi connectivity index (χ0n) is 12.3. The maximum absolute atomic E-state index is 12.7. The van der Waals surface area contributed by atoms with E-state index in [1.807, 2.05) is 18.9 Å². The molecule has 4 heteroatoms. The molecule has 0 aromatic carbocycles. The lowest BCUT2D eigenvalue weighted by molar-refractivity contribution is -0.150. The van der Waals surface area contributed by atoms with Gasteiger partial charge in [-0.3, -0.25) is 14.7 Å². The Morgan fingerprint density at radius 1 is 1.42 bits per heavy atom. The average Bonchev–Trinajstić information content (AvgIpc) is 2.43. The van der Waals surface area contributed by atoms with E-state index >= 15 is 0 Å². The molecule has 2 rings (SSSR count). The Balaban J connectivity index is 2.21. The summed E-state index contributed by atoms with van der Waals surface area (Å²) in [7, 11) is 1.94. The minimum atomic E-state index is -0.701. The number of Topliss-reactive ketones (excluding diaryl/α,β-unsaturated/α-hetero) is 1. The molecule has 4 unspecified atom stereocenters. The lowest BCUT2D eigenvalue weighted by atomic mass is 9.72. The highest BCUT2D eigenvalue weighted by Gasteiger charge is 2.47. The van der Waals surface area contributed by atoms with Gasteiger partial charge in [-0.2, -0.15) is 0 Å². The lowest BCUT2D eigenvalue weighted by Gasteiger charge is -2.47. The number of hydrogen-bond donors (Lipinski definition) is 1. The number of hydrogen-bond acceptors (Lipinski definition) is 4. The first-order valence-corrected chi connectivity index (χ1v) is 7.52. The molecule has 1 aliphatic carbocycles. The molecule has 0 aromatic heterocycles. The molecule has 1 saturated carbocycles. The van der Waals surface area contributed by atoms with Crippen molar-refractivity contribution in [1.82, 2.24) is 4.90 Å². The van der Waals surface area contributed by atoms with Crippen LogP contribution in [0.15, 0.2) is 4.99 Å². The number of rotatable bonds is 3. The Morgan fingerprint density at radius 2 is 2.11 bits per heavy atom. The van der Waals surface area contributed by atoms with Crippen molar-refractivity contribution >= 4 is 11.5 Å². The van der Waals surface area contributed by atoms with Gasteiger partial charge in [0.1, 0.15) is 12.0 Å². The zero-order chi connectivity index (χ0) is 14.0. The molecule has 2 fully saturated rings. The third kappa shape index (κ3) is 2.75. The number of ketones is 1. The molecule has 108 valence electrons. The Kier molecular flexibility index (Phi) is 4.74. The molecule has 4 nitrogen and oxygen atoms in total. The van der Waals surface area contributed by atoms with E-state index in [0.29, 0.717) is 0 Å². The molecule has 0 aromatic rings. The molecule has 1 heterocycles. The molecule has 1 saturated heterocycles. The second-order valence-corrected chi connectivity index (χ2v) is 5.94. The summed E-state index contributed by atoms with van der Waals surface area (Å²) in [4.78, 5) is 19.1. The van der Waals surface area contributed by atoms with Crippen LogP contribution in [0.25, 0.3) is 0 Å². The van der Waals surface area contributed by atoms with Crippen molar-refractivity contribution in [2.45, 2.75) is 58.2 Å². The number of aliphatic hydroxyl groups is 1. The Hall–Kier alpha value is -0.740. The number of fused-ring (bicyclic) bond motifs is 1. The standard InChI is InChI=1S/C15H26N2O2/c1-4-9-16-10(2)13-14(18)11-7-5-6-8-12(11)17(3)15(13)19/h11-13,15,19H,4-9H2,1-3H3. The van der Waals surface area contributed by atoms with Crippen molar-refractivity contribution < 1.29 is 9.90 Å². The first kappa shape index (κ1) is 14.7. The molecule has 2 aliphatic rings. The van der Waals surface area contributed by atoms with Gasteiger partial charge in [-0.05, 0) is 33.2 Å². The third-order valence-corrected chi connectivity index (χ3v) is 4.67. The van der Waals surface area contributed by atoms with Crippen LogP contribution < -0.4 is 0 Å². The molecule has 19 heavy (non-hydrogen) atoms. The van der Waals surface area contributed by atoms with Gasteiger partial charge in [0.15, 0.2) is 0 Å². The molecule has 0 bridgehead atoms. The molecular formula is C15H26N2O2. The van der Waals surface area contributed by atoms with Gasteiger partial charge in [0.25, 0.3) is 0 Å². The van der Waals surface area contributed by atoms with Gasteiger partial charge < -0.3 is 5.11 Å². The summed E-state index contributed by atoms with van der Waals surface area (Å²) in [5.41, 5.74) is 0.801. The van der Waals surface area contributed by atoms with Gasteiger partial charge in [-0.15, -0.1) is 0 Å². The van der Waals surface area contributed by atoms with Crippen molar-refractivity contribution in [3.8, 4) is 0 Å². The van der Waals surface area contributed by atoms with Crippen LogP contribution in [0.1, 0.15) is 46.0 Å². The highest BCUT2D eigenvalue weighted by atomic mass is 16.3. The van der Waals surface area contributed by atoms with Crippen LogP contribution in [0.3, 0.4) is 0 Å². The van der Waals surface area contributed by atoms with Crippen LogP contribution in [-0.2, 0) is 4.79 Å². The Bertz CT molecular complexity index is 367. The fraction of sp³-hybridized carbons (Fsp3) is 0.867. The van der Waals surface area contributed by atoms with Crippen LogP contribution in [0.2, 0.25) is 0 Å². The number of aliphatic imine (C=N–C) groups is 1. The van der Waals surface area contributed by atoms with Crippen LogP contribution in [0.5, 0.6) is 0 Å². The van der Waals surface area contributed by atoms with E-state index in [1.165, 1.54) is 6.42 Å². The van der Waals surface area contributed by atoms with Crippen molar-refractivity contribution in [3.63, 3.8) is 0 Å². The maximum atomic E-state index is 12.7. The first-order valence-electron chi connectivity index (χ1n) is 7.52. The summed E-state index contributed by atoms with van der Waals surface area (Å²) in [6.45, 7) is 4.69. The van der Waals surface area contributed by atoms with E-state index in [4.69, 9.17) is 0 Å². The van der Waals surface area contributed by atoms with Crippen LogP contribution in [0, 0.1) is 11.8 Å². The number of aliphatic hydroxyl groups excluding tert-OH is 1. The lowest BCUT2D eigenvalue weighted by Crippen LogP contribution is -2.60. The summed E-state index contributed by atoms with van der Waals surface area (Å²) in [5.74, 6) is -0.109. The summed E-state index contributed by atoms with van der Waals surface area (Å²) in [5, 5.41) is 10.4. The van der Waals surface area contributed by atoms with Gasteiger partial charge in [-0.1, -0.05) is 19.8 Å². The van der Waals surface area contributed by atoms with Gasteiger partial charge >= 0.3 is 0 Å². The summed E-state index contributed by atoms with van der Waals surface area (Å²) in [6, 6.07) is 0.228. The van der Waals surface area contributed by atoms with Crippen molar-refractivity contribution in [2.24, 2.45) is 16.8 Å².